The third kappa shape index (κ3) is 3.53. The summed E-state index contributed by atoms with van der Waals surface area (Å²) < 4.78 is 1.23. The minimum atomic E-state index is -0.583. The second-order valence-electron chi connectivity index (χ2n) is 4.71. The molecule has 0 aliphatic rings. The molecule has 0 aliphatic heterocycles. The molecule has 0 radical (unpaired) electrons. The minimum absolute atomic E-state index is 0.0394. The van der Waals surface area contributed by atoms with Gasteiger partial charge in [-0.25, -0.2) is 0 Å². The number of hydrogen-bond donors (Lipinski definition) is 2. The second-order valence-corrected chi connectivity index (χ2v) is 4.71. The Morgan fingerprint density at radius 1 is 1.60 bits per heavy atom. The third-order valence-corrected chi connectivity index (χ3v) is 3.11. The minimum Gasteiger partial charge on any atom is -0.346 e. The number of carbonyl (C=O) groups excluding carboxylic acids is 1. The SMILES string of the molecule is CCCCC(CN)NC(=O)c1c([N+](=O)[O-])c(C)nn1C. The molecular weight excluding hydrogens is 262 g/mol. The van der Waals surface area contributed by atoms with E-state index in [1.54, 1.807) is 0 Å². The fraction of sp³-hybridized carbons (Fsp3) is 0.667. The quantitative estimate of drug-likeness (QED) is 0.569. The van der Waals surface area contributed by atoms with Gasteiger partial charge < -0.3 is 11.1 Å². The first-order valence-electron chi connectivity index (χ1n) is 6.61. The van der Waals surface area contributed by atoms with Crippen molar-refractivity contribution >= 4 is 11.6 Å². The Morgan fingerprint density at radius 3 is 2.75 bits per heavy atom. The first kappa shape index (κ1) is 16.1. The van der Waals surface area contributed by atoms with E-state index in [1.165, 1.54) is 18.7 Å². The van der Waals surface area contributed by atoms with Crippen molar-refractivity contribution in [2.24, 2.45) is 12.8 Å². The second kappa shape index (κ2) is 6.99. The summed E-state index contributed by atoms with van der Waals surface area (Å²) in [5, 5.41) is 17.7. The van der Waals surface area contributed by atoms with Crippen LogP contribution in [0.5, 0.6) is 0 Å². The number of carbonyl (C=O) groups is 1. The smallest absolute Gasteiger partial charge is 0.322 e. The number of unbranched alkanes of at least 4 members (excludes halogenated alkanes) is 1. The van der Waals surface area contributed by atoms with E-state index in [1.807, 2.05) is 6.92 Å². The normalized spacial score (nSPS) is 12.2. The standard InChI is InChI=1S/C12H21N5O3/c1-4-5-6-9(7-13)14-12(18)11-10(17(19)20)8(2)15-16(11)3/h9H,4-7,13H2,1-3H3,(H,14,18). The van der Waals surface area contributed by atoms with Gasteiger partial charge >= 0.3 is 5.69 Å². The lowest BCUT2D eigenvalue weighted by molar-refractivity contribution is -0.385. The zero-order valence-electron chi connectivity index (χ0n) is 12.0. The molecule has 1 atom stereocenters. The molecule has 1 amide bonds. The van der Waals surface area contributed by atoms with Crippen LogP contribution in [0.2, 0.25) is 0 Å². The molecule has 1 rings (SSSR count). The molecule has 1 aromatic heterocycles. The Bertz CT molecular complexity index is 498. The number of aromatic nitrogens is 2. The molecule has 8 heteroatoms. The summed E-state index contributed by atoms with van der Waals surface area (Å²) in [6.45, 7) is 3.85. The predicted octanol–water partition coefficient (Wildman–Crippen LogP) is 0.884. The Morgan fingerprint density at radius 2 is 2.25 bits per heavy atom. The van der Waals surface area contributed by atoms with Gasteiger partial charge in [0.05, 0.1) is 4.92 Å². The van der Waals surface area contributed by atoms with Crippen LogP contribution < -0.4 is 11.1 Å². The van der Waals surface area contributed by atoms with Gasteiger partial charge in [0.1, 0.15) is 5.69 Å². The highest BCUT2D eigenvalue weighted by molar-refractivity contribution is 5.97. The van der Waals surface area contributed by atoms with Crippen LogP contribution in [-0.4, -0.2) is 33.2 Å². The maximum absolute atomic E-state index is 12.2. The van der Waals surface area contributed by atoms with Gasteiger partial charge in [-0.2, -0.15) is 5.10 Å². The molecular formula is C12H21N5O3. The van der Waals surface area contributed by atoms with Crippen LogP contribution >= 0.6 is 0 Å². The van der Waals surface area contributed by atoms with Crippen LogP contribution in [0.3, 0.4) is 0 Å². The van der Waals surface area contributed by atoms with Gasteiger partial charge in [-0.15, -0.1) is 0 Å². The molecule has 0 saturated carbocycles. The number of nitrogens with one attached hydrogen (secondary N) is 1. The fourth-order valence-electron chi connectivity index (χ4n) is 2.07. The molecule has 0 bridgehead atoms. The van der Waals surface area contributed by atoms with E-state index in [-0.39, 0.29) is 23.1 Å². The molecule has 0 aliphatic carbocycles. The van der Waals surface area contributed by atoms with Crippen LogP contribution in [0.1, 0.15) is 42.4 Å². The fourth-order valence-corrected chi connectivity index (χ4v) is 2.07. The highest BCUT2D eigenvalue weighted by Crippen LogP contribution is 2.22. The van der Waals surface area contributed by atoms with Crippen molar-refractivity contribution in [2.45, 2.75) is 39.2 Å². The lowest BCUT2D eigenvalue weighted by Crippen LogP contribution is -2.41. The summed E-state index contributed by atoms with van der Waals surface area (Å²) in [6, 6.07) is -0.183. The number of nitro groups is 1. The van der Waals surface area contributed by atoms with Gasteiger partial charge in [-0.3, -0.25) is 19.6 Å². The van der Waals surface area contributed by atoms with Crippen molar-refractivity contribution in [3.05, 3.63) is 21.5 Å². The van der Waals surface area contributed by atoms with E-state index < -0.39 is 10.8 Å². The third-order valence-electron chi connectivity index (χ3n) is 3.11. The number of nitrogens with two attached hydrogens (primary N) is 1. The number of amides is 1. The van der Waals surface area contributed by atoms with E-state index in [0.29, 0.717) is 6.54 Å². The van der Waals surface area contributed by atoms with Crippen molar-refractivity contribution < 1.29 is 9.72 Å². The Labute approximate surface area is 117 Å². The molecule has 8 nitrogen and oxygen atoms in total. The predicted molar refractivity (Wildman–Crippen MR) is 74.4 cm³/mol. The summed E-state index contributed by atoms with van der Waals surface area (Å²) in [6.07, 6.45) is 2.69. The summed E-state index contributed by atoms with van der Waals surface area (Å²) in [5.41, 5.74) is 5.54. The molecule has 1 aromatic rings. The summed E-state index contributed by atoms with van der Waals surface area (Å²) in [7, 11) is 1.51. The van der Waals surface area contributed by atoms with E-state index in [9.17, 15) is 14.9 Å². The molecule has 3 N–H and O–H groups in total. The molecule has 0 fully saturated rings. The first-order chi connectivity index (χ1) is 9.42. The van der Waals surface area contributed by atoms with Gasteiger partial charge in [-0.1, -0.05) is 19.8 Å². The van der Waals surface area contributed by atoms with E-state index in [4.69, 9.17) is 5.73 Å². The Hall–Kier alpha value is -1.96. The maximum Gasteiger partial charge on any atom is 0.322 e. The summed E-state index contributed by atoms with van der Waals surface area (Å²) in [4.78, 5) is 22.7. The number of rotatable bonds is 7. The average Bonchev–Trinajstić information content (AvgIpc) is 2.69. The average molecular weight is 283 g/mol. The van der Waals surface area contributed by atoms with Crippen molar-refractivity contribution in [1.82, 2.24) is 15.1 Å². The summed E-state index contributed by atoms with van der Waals surface area (Å²) >= 11 is 0. The molecule has 0 spiro atoms. The van der Waals surface area contributed by atoms with Crippen LogP contribution in [0.25, 0.3) is 0 Å². The topological polar surface area (TPSA) is 116 Å². The van der Waals surface area contributed by atoms with Crippen LogP contribution in [-0.2, 0) is 7.05 Å². The molecule has 1 unspecified atom stereocenters. The Balaban J connectivity index is 2.94. The Kier molecular flexibility index (Phi) is 5.63. The molecule has 0 aromatic carbocycles. The zero-order valence-corrected chi connectivity index (χ0v) is 12.0. The van der Waals surface area contributed by atoms with Gasteiger partial charge in [-0.05, 0) is 13.3 Å². The summed E-state index contributed by atoms with van der Waals surface area (Å²) in [5.74, 6) is -0.508. The van der Waals surface area contributed by atoms with Gasteiger partial charge in [0.2, 0.25) is 5.69 Å². The molecule has 20 heavy (non-hydrogen) atoms. The van der Waals surface area contributed by atoms with Crippen molar-refractivity contribution in [3.63, 3.8) is 0 Å². The number of nitrogens with zero attached hydrogens (tertiary/aromatic N) is 3. The van der Waals surface area contributed by atoms with Crippen LogP contribution in [0.4, 0.5) is 5.69 Å². The highest BCUT2D eigenvalue weighted by atomic mass is 16.6. The zero-order chi connectivity index (χ0) is 15.3. The van der Waals surface area contributed by atoms with E-state index in [2.05, 4.69) is 10.4 Å². The monoisotopic (exact) mass is 283 g/mol. The van der Waals surface area contributed by atoms with Crippen LogP contribution in [0, 0.1) is 17.0 Å². The van der Waals surface area contributed by atoms with Gasteiger partial charge in [0.25, 0.3) is 5.91 Å². The van der Waals surface area contributed by atoms with Crippen molar-refractivity contribution in [3.8, 4) is 0 Å². The first-order valence-corrected chi connectivity index (χ1v) is 6.61. The number of aryl methyl sites for hydroxylation is 2. The number of hydrogen-bond acceptors (Lipinski definition) is 5. The van der Waals surface area contributed by atoms with E-state index >= 15 is 0 Å². The van der Waals surface area contributed by atoms with Gasteiger partial charge in [0, 0.05) is 19.6 Å². The maximum atomic E-state index is 12.2. The molecule has 1 heterocycles. The van der Waals surface area contributed by atoms with E-state index in [0.717, 1.165) is 19.3 Å². The largest absolute Gasteiger partial charge is 0.346 e. The lowest BCUT2D eigenvalue weighted by atomic mass is 10.1. The van der Waals surface area contributed by atoms with Crippen molar-refractivity contribution in [2.75, 3.05) is 6.54 Å². The van der Waals surface area contributed by atoms with Crippen LogP contribution in [0.15, 0.2) is 0 Å². The lowest BCUT2D eigenvalue weighted by Gasteiger charge is -2.16. The van der Waals surface area contributed by atoms with Crippen molar-refractivity contribution in [1.29, 1.82) is 0 Å². The highest BCUT2D eigenvalue weighted by Gasteiger charge is 2.29. The molecule has 112 valence electrons. The van der Waals surface area contributed by atoms with Gasteiger partial charge in [0.15, 0.2) is 0 Å². The molecule has 0 saturated heterocycles.